The van der Waals surface area contributed by atoms with Crippen molar-refractivity contribution in [2.75, 3.05) is 19.1 Å². The number of hydrogen-bond acceptors (Lipinski definition) is 4. The summed E-state index contributed by atoms with van der Waals surface area (Å²) in [5, 5.41) is 8.00. The number of carbonyl (C=O) groups is 1. The molecule has 0 spiro atoms. The number of rotatable bonds is 3. The van der Waals surface area contributed by atoms with Crippen LogP contribution in [-0.2, 0) is 14.8 Å². The van der Waals surface area contributed by atoms with E-state index in [9.17, 15) is 13.2 Å². The largest absolute Gasteiger partial charge is 0.273 e. The van der Waals surface area contributed by atoms with Crippen molar-refractivity contribution in [2.45, 2.75) is 11.8 Å². The Labute approximate surface area is 101 Å². The first kappa shape index (κ1) is 13.6. The van der Waals surface area contributed by atoms with Gasteiger partial charge in [-0.2, -0.15) is 0 Å². The summed E-state index contributed by atoms with van der Waals surface area (Å²) < 4.78 is 22.1. The van der Waals surface area contributed by atoms with Crippen LogP contribution in [0, 0.1) is 0 Å². The molecule has 0 bridgehead atoms. The van der Waals surface area contributed by atoms with Crippen LogP contribution in [0.2, 0.25) is 0 Å². The number of nitrogens with two attached hydrogens (primary N) is 1. The lowest BCUT2D eigenvalue weighted by atomic mass is 10.3. The van der Waals surface area contributed by atoms with E-state index in [2.05, 4.69) is 0 Å². The number of benzene rings is 1. The Morgan fingerprint density at radius 1 is 1.18 bits per heavy atom. The van der Waals surface area contributed by atoms with Crippen molar-refractivity contribution in [3.8, 4) is 0 Å². The van der Waals surface area contributed by atoms with E-state index in [4.69, 9.17) is 5.14 Å². The fraction of sp³-hybridized carbons (Fsp3) is 0.300. The molecule has 0 aliphatic rings. The van der Waals surface area contributed by atoms with E-state index < -0.39 is 10.0 Å². The molecule has 0 aliphatic carbocycles. The predicted octanol–water partition coefficient (Wildman–Crippen LogP) is 0.163. The SMILES string of the molecule is CC(=O)N(c1ccc(S(N)(=O)=O)cc1)N(C)C. The number of amides is 1. The zero-order valence-electron chi connectivity index (χ0n) is 9.91. The normalized spacial score (nSPS) is 11.6. The summed E-state index contributed by atoms with van der Waals surface area (Å²) in [6.45, 7) is 1.42. The van der Waals surface area contributed by atoms with Crippen LogP contribution in [0.15, 0.2) is 29.2 Å². The highest BCUT2D eigenvalue weighted by molar-refractivity contribution is 7.89. The van der Waals surface area contributed by atoms with Gasteiger partial charge in [-0.25, -0.2) is 23.6 Å². The third kappa shape index (κ3) is 3.26. The Morgan fingerprint density at radius 3 is 1.94 bits per heavy atom. The number of primary sulfonamides is 1. The van der Waals surface area contributed by atoms with Crippen LogP contribution < -0.4 is 10.1 Å². The minimum atomic E-state index is -3.70. The fourth-order valence-electron chi connectivity index (χ4n) is 1.47. The van der Waals surface area contributed by atoms with Gasteiger partial charge >= 0.3 is 0 Å². The molecule has 1 aromatic rings. The fourth-order valence-corrected chi connectivity index (χ4v) is 1.99. The smallest absolute Gasteiger partial charge is 0.238 e. The van der Waals surface area contributed by atoms with Crippen molar-refractivity contribution in [2.24, 2.45) is 5.14 Å². The molecule has 0 aliphatic heterocycles. The Balaban J connectivity index is 3.13. The van der Waals surface area contributed by atoms with Gasteiger partial charge in [-0.15, -0.1) is 0 Å². The third-order valence-corrected chi connectivity index (χ3v) is 3.04. The molecule has 2 N–H and O–H groups in total. The first-order valence-corrected chi connectivity index (χ1v) is 6.39. The standard InChI is InChI=1S/C10H15N3O3S/c1-8(14)13(12(2)3)9-4-6-10(7-5-9)17(11,15)16/h4-7H,1-3H3,(H2,11,15,16). The number of sulfonamides is 1. The van der Waals surface area contributed by atoms with E-state index in [-0.39, 0.29) is 10.8 Å². The highest BCUT2D eigenvalue weighted by atomic mass is 32.2. The van der Waals surface area contributed by atoms with Crippen molar-refractivity contribution < 1.29 is 13.2 Å². The van der Waals surface area contributed by atoms with E-state index in [0.717, 1.165) is 0 Å². The Kier molecular flexibility index (Phi) is 3.87. The maximum absolute atomic E-state index is 11.4. The monoisotopic (exact) mass is 257 g/mol. The lowest BCUT2D eigenvalue weighted by Gasteiger charge is -2.27. The number of hydrazine groups is 1. The summed E-state index contributed by atoms with van der Waals surface area (Å²) in [6.07, 6.45) is 0. The molecule has 94 valence electrons. The number of hydrogen-bond donors (Lipinski definition) is 1. The van der Waals surface area contributed by atoms with E-state index in [1.807, 2.05) is 0 Å². The van der Waals surface area contributed by atoms with Crippen LogP contribution in [0.25, 0.3) is 0 Å². The highest BCUT2D eigenvalue weighted by Gasteiger charge is 2.15. The van der Waals surface area contributed by atoms with E-state index in [1.165, 1.54) is 36.2 Å². The highest BCUT2D eigenvalue weighted by Crippen LogP contribution is 2.18. The van der Waals surface area contributed by atoms with Crippen LogP contribution in [-0.4, -0.2) is 33.4 Å². The summed E-state index contributed by atoms with van der Waals surface area (Å²) in [4.78, 5) is 11.4. The molecule has 0 aromatic heterocycles. The average Bonchev–Trinajstić information content (AvgIpc) is 2.15. The van der Waals surface area contributed by atoms with Crippen LogP contribution in [0.3, 0.4) is 0 Å². The second-order valence-corrected chi connectivity index (χ2v) is 5.28. The van der Waals surface area contributed by atoms with Crippen molar-refractivity contribution in [3.05, 3.63) is 24.3 Å². The molecule has 0 saturated heterocycles. The quantitative estimate of drug-likeness (QED) is 0.782. The molecule has 1 rings (SSSR count). The van der Waals surface area contributed by atoms with Gasteiger partial charge in [-0.1, -0.05) is 0 Å². The van der Waals surface area contributed by atoms with Gasteiger partial charge in [0.05, 0.1) is 10.6 Å². The van der Waals surface area contributed by atoms with Crippen LogP contribution in [0.1, 0.15) is 6.92 Å². The number of carbonyl (C=O) groups excluding carboxylic acids is 1. The summed E-state index contributed by atoms with van der Waals surface area (Å²) in [6, 6.07) is 5.79. The van der Waals surface area contributed by atoms with Crippen molar-refractivity contribution in [3.63, 3.8) is 0 Å². The van der Waals surface area contributed by atoms with Crippen LogP contribution in [0.5, 0.6) is 0 Å². The van der Waals surface area contributed by atoms with Gasteiger partial charge in [0.1, 0.15) is 0 Å². The van der Waals surface area contributed by atoms with E-state index in [0.29, 0.717) is 5.69 Å². The van der Waals surface area contributed by atoms with Gasteiger partial charge in [-0.05, 0) is 24.3 Å². The minimum Gasteiger partial charge on any atom is -0.273 e. The Hall–Kier alpha value is -1.44. The molecule has 0 radical (unpaired) electrons. The summed E-state index contributed by atoms with van der Waals surface area (Å²) in [7, 11) is -0.268. The molecule has 0 fully saturated rings. The second-order valence-electron chi connectivity index (χ2n) is 3.72. The van der Waals surface area contributed by atoms with Crippen molar-refractivity contribution in [1.82, 2.24) is 5.01 Å². The van der Waals surface area contributed by atoms with Crippen molar-refractivity contribution in [1.29, 1.82) is 0 Å². The molecule has 7 heteroatoms. The molecule has 0 atom stereocenters. The molecule has 1 aromatic carbocycles. The molecular weight excluding hydrogens is 242 g/mol. The van der Waals surface area contributed by atoms with Crippen molar-refractivity contribution >= 4 is 21.6 Å². The molecule has 0 unspecified atom stereocenters. The molecule has 17 heavy (non-hydrogen) atoms. The first-order valence-electron chi connectivity index (χ1n) is 4.84. The number of anilines is 1. The molecular formula is C10H15N3O3S. The van der Waals surface area contributed by atoms with Gasteiger partial charge < -0.3 is 0 Å². The zero-order chi connectivity index (χ0) is 13.2. The zero-order valence-corrected chi connectivity index (χ0v) is 10.7. The lowest BCUT2D eigenvalue weighted by molar-refractivity contribution is -0.118. The third-order valence-electron chi connectivity index (χ3n) is 2.11. The number of nitrogens with zero attached hydrogens (tertiary/aromatic N) is 2. The van der Waals surface area contributed by atoms with Gasteiger partial charge in [0.25, 0.3) is 0 Å². The first-order chi connectivity index (χ1) is 7.73. The predicted molar refractivity (Wildman–Crippen MR) is 64.7 cm³/mol. The Bertz CT molecular complexity index is 508. The molecule has 6 nitrogen and oxygen atoms in total. The average molecular weight is 257 g/mol. The van der Waals surface area contributed by atoms with E-state index in [1.54, 1.807) is 19.1 Å². The van der Waals surface area contributed by atoms with Gasteiger partial charge in [0, 0.05) is 21.0 Å². The minimum absolute atomic E-state index is 0.0171. The molecule has 1 amide bonds. The summed E-state index contributed by atoms with van der Waals surface area (Å²) >= 11 is 0. The second kappa shape index (κ2) is 4.82. The lowest BCUT2D eigenvalue weighted by Crippen LogP contribution is -2.40. The Morgan fingerprint density at radius 2 is 1.65 bits per heavy atom. The van der Waals surface area contributed by atoms with Crippen LogP contribution in [0.4, 0.5) is 5.69 Å². The maximum Gasteiger partial charge on any atom is 0.238 e. The topological polar surface area (TPSA) is 83.7 Å². The maximum atomic E-state index is 11.4. The van der Waals surface area contributed by atoms with Gasteiger partial charge in [0.2, 0.25) is 15.9 Å². The van der Waals surface area contributed by atoms with Gasteiger partial charge in [-0.3, -0.25) is 4.79 Å². The molecule has 0 heterocycles. The summed E-state index contributed by atoms with van der Waals surface area (Å²) in [5.74, 6) is -0.168. The van der Waals surface area contributed by atoms with Gasteiger partial charge in [0.15, 0.2) is 0 Å². The van der Waals surface area contributed by atoms with E-state index >= 15 is 0 Å². The summed E-state index contributed by atoms with van der Waals surface area (Å²) in [5.41, 5.74) is 0.579. The molecule has 0 saturated carbocycles. The van der Waals surface area contributed by atoms with Crippen LogP contribution >= 0.6 is 0 Å².